The topological polar surface area (TPSA) is 90.6 Å². The molecule has 4 rings (SSSR count). The van der Waals surface area contributed by atoms with Crippen LogP contribution in [0.15, 0.2) is 54.6 Å². The maximum atomic E-state index is 12.3. The molecule has 158 valence electrons. The number of carbonyl (C=O) groups is 1. The standard InChI is InChI=1S/C21H17Cl2N5O3/c1-30-17-5-3-2-4-14(17)20-26-25-18-8-9-19(27-28(18)20)31-11-10-24-21(29)15-12-13(22)6-7-16(15)23/h2-9,12H,10-11H2,1H3,(H,24,29). The molecule has 4 aromatic rings. The first-order valence-corrected chi connectivity index (χ1v) is 10.0. The number of fused-ring (bicyclic) bond motifs is 1. The summed E-state index contributed by atoms with van der Waals surface area (Å²) in [5.41, 5.74) is 1.63. The Bertz CT molecular complexity index is 1240. The second kappa shape index (κ2) is 9.20. The monoisotopic (exact) mass is 457 g/mol. The van der Waals surface area contributed by atoms with Crippen molar-refractivity contribution in [2.45, 2.75) is 0 Å². The van der Waals surface area contributed by atoms with Crippen molar-refractivity contribution in [1.82, 2.24) is 25.1 Å². The van der Waals surface area contributed by atoms with Gasteiger partial charge in [-0.3, -0.25) is 4.79 Å². The Balaban J connectivity index is 1.44. The van der Waals surface area contributed by atoms with E-state index in [4.69, 9.17) is 32.7 Å². The van der Waals surface area contributed by atoms with Crippen LogP contribution in [0.2, 0.25) is 10.0 Å². The summed E-state index contributed by atoms with van der Waals surface area (Å²) in [7, 11) is 1.59. The number of nitrogens with one attached hydrogen (secondary N) is 1. The van der Waals surface area contributed by atoms with Gasteiger partial charge in [0, 0.05) is 11.1 Å². The SMILES string of the molecule is COc1ccccc1-c1nnc2ccc(OCCNC(=O)c3cc(Cl)ccc3Cl)nn12. The summed E-state index contributed by atoms with van der Waals surface area (Å²) in [6.07, 6.45) is 0. The number of methoxy groups -OCH3 is 1. The molecule has 0 unspecified atom stereocenters. The van der Waals surface area contributed by atoms with E-state index in [1.54, 1.807) is 35.9 Å². The van der Waals surface area contributed by atoms with Crippen LogP contribution in [0.4, 0.5) is 0 Å². The quantitative estimate of drug-likeness (QED) is 0.423. The van der Waals surface area contributed by atoms with Crippen LogP contribution in [0.3, 0.4) is 0 Å². The molecule has 31 heavy (non-hydrogen) atoms. The minimum Gasteiger partial charge on any atom is -0.496 e. The number of benzene rings is 2. The van der Waals surface area contributed by atoms with Crippen molar-refractivity contribution in [3.05, 3.63) is 70.2 Å². The zero-order chi connectivity index (χ0) is 21.8. The summed E-state index contributed by atoms with van der Waals surface area (Å²) >= 11 is 12.0. The van der Waals surface area contributed by atoms with Crippen LogP contribution in [0, 0.1) is 0 Å². The lowest BCUT2D eigenvalue weighted by Crippen LogP contribution is -2.28. The second-order valence-electron chi connectivity index (χ2n) is 6.39. The number of nitrogens with zero attached hydrogens (tertiary/aromatic N) is 4. The van der Waals surface area contributed by atoms with Crippen molar-refractivity contribution in [1.29, 1.82) is 0 Å². The number of amides is 1. The van der Waals surface area contributed by atoms with Crippen LogP contribution in [-0.2, 0) is 0 Å². The molecule has 0 aliphatic carbocycles. The Morgan fingerprint density at radius 1 is 1.10 bits per heavy atom. The fourth-order valence-corrected chi connectivity index (χ4v) is 3.31. The number of carbonyl (C=O) groups excluding carboxylic acids is 1. The highest BCUT2D eigenvalue weighted by atomic mass is 35.5. The summed E-state index contributed by atoms with van der Waals surface area (Å²) < 4.78 is 12.7. The summed E-state index contributed by atoms with van der Waals surface area (Å²) in [5, 5.41) is 16.3. The fourth-order valence-electron chi connectivity index (χ4n) is 2.93. The highest BCUT2D eigenvalue weighted by Crippen LogP contribution is 2.28. The summed E-state index contributed by atoms with van der Waals surface area (Å²) in [4.78, 5) is 12.3. The van der Waals surface area contributed by atoms with Crippen molar-refractivity contribution < 1.29 is 14.3 Å². The molecule has 0 atom stereocenters. The number of aromatic nitrogens is 4. The summed E-state index contributed by atoms with van der Waals surface area (Å²) in [6, 6.07) is 15.6. The van der Waals surface area contributed by atoms with Gasteiger partial charge in [-0.1, -0.05) is 35.3 Å². The van der Waals surface area contributed by atoms with E-state index in [1.807, 2.05) is 24.3 Å². The number of ether oxygens (including phenoxy) is 2. The molecular weight excluding hydrogens is 441 g/mol. The molecular formula is C21H17Cl2N5O3. The third-order valence-electron chi connectivity index (χ3n) is 4.40. The van der Waals surface area contributed by atoms with E-state index in [0.29, 0.717) is 38.7 Å². The number of para-hydroxylation sites is 1. The van der Waals surface area contributed by atoms with E-state index < -0.39 is 0 Å². The van der Waals surface area contributed by atoms with Crippen molar-refractivity contribution in [3.63, 3.8) is 0 Å². The highest BCUT2D eigenvalue weighted by molar-refractivity contribution is 6.35. The van der Waals surface area contributed by atoms with E-state index in [9.17, 15) is 4.79 Å². The molecule has 1 amide bonds. The molecule has 8 nitrogen and oxygen atoms in total. The van der Waals surface area contributed by atoms with Gasteiger partial charge in [0.05, 0.1) is 29.8 Å². The fraction of sp³-hybridized carbons (Fsp3) is 0.143. The molecule has 2 heterocycles. The van der Waals surface area contributed by atoms with Crippen molar-refractivity contribution in [2.75, 3.05) is 20.3 Å². The lowest BCUT2D eigenvalue weighted by Gasteiger charge is -2.09. The van der Waals surface area contributed by atoms with E-state index in [2.05, 4.69) is 20.6 Å². The van der Waals surface area contributed by atoms with Gasteiger partial charge in [0.1, 0.15) is 12.4 Å². The van der Waals surface area contributed by atoms with Crippen LogP contribution in [-0.4, -0.2) is 46.0 Å². The van der Waals surface area contributed by atoms with Crippen molar-refractivity contribution in [3.8, 4) is 23.0 Å². The average Bonchev–Trinajstić information content (AvgIpc) is 3.21. The van der Waals surface area contributed by atoms with Gasteiger partial charge in [-0.25, -0.2) is 0 Å². The molecule has 1 N–H and O–H groups in total. The van der Waals surface area contributed by atoms with Crippen LogP contribution < -0.4 is 14.8 Å². The Morgan fingerprint density at radius 2 is 1.94 bits per heavy atom. The lowest BCUT2D eigenvalue weighted by molar-refractivity contribution is 0.0946. The highest BCUT2D eigenvalue weighted by Gasteiger charge is 2.15. The molecule has 0 spiro atoms. The molecule has 10 heteroatoms. The van der Waals surface area contributed by atoms with E-state index in [1.165, 1.54) is 6.07 Å². The molecule has 0 radical (unpaired) electrons. The van der Waals surface area contributed by atoms with Gasteiger partial charge >= 0.3 is 0 Å². The maximum Gasteiger partial charge on any atom is 0.252 e. The molecule has 2 aromatic carbocycles. The number of halogens is 2. The molecule has 2 aromatic heterocycles. The molecule has 0 aliphatic rings. The van der Waals surface area contributed by atoms with Crippen molar-refractivity contribution in [2.24, 2.45) is 0 Å². The number of hydrogen-bond acceptors (Lipinski definition) is 6. The first kappa shape index (κ1) is 20.9. The van der Waals surface area contributed by atoms with E-state index in [-0.39, 0.29) is 19.1 Å². The van der Waals surface area contributed by atoms with Crippen LogP contribution in [0.1, 0.15) is 10.4 Å². The summed E-state index contributed by atoms with van der Waals surface area (Å²) in [6.45, 7) is 0.456. The lowest BCUT2D eigenvalue weighted by atomic mass is 10.2. The Kier molecular flexibility index (Phi) is 6.20. The van der Waals surface area contributed by atoms with Crippen LogP contribution in [0.25, 0.3) is 17.0 Å². The van der Waals surface area contributed by atoms with Gasteiger partial charge in [-0.15, -0.1) is 15.3 Å². The number of rotatable bonds is 7. The van der Waals surface area contributed by atoms with E-state index in [0.717, 1.165) is 5.56 Å². The van der Waals surface area contributed by atoms with Crippen LogP contribution >= 0.6 is 23.2 Å². The zero-order valence-corrected chi connectivity index (χ0v) is 17.9. The molecule has 0 aliphatic heterocycles. The van der Waals surface area contributed by atoms with E-state index >= 15 is 0 Å². The second-order valence-corrected chi connectivity index (χ2v) is 7.24. The van der Waals surface area contributed by atoms with Crippen LogP contribution in [0.5, 0.6) is 11.6 Å². The van der Waals surface area contributed by atoms with Gasteiger partial charge < -0.3 is 14.8 Å². The van der Waals surface area contributed by atoms with Gasteiger partial charge in [-0.05, 0) is 36.4 Å². The molecule has 0 saturated carbocycles. The normalized spacial score (nSPS) is 10.8. The maximum absolute atomic E-state index is 12.3. The van der Waals surface area contributed by atoms with Gasteiger partial charge in [0.2, 0.25) is 5.88 Å². The predicted molar refractivity (Wildman–Crippen MR) is 117 cm³/mol. The molecule has 0 saturated heterocycles. The first-order chi connectivity index (χ1) is 15.1. The molecule has 0 bridgehead atoms. The van der Waals surface area contributed by atoms with Gasteiger partial charge in [0.15, 0.2) is 11.5 Å². The minimum atomic E-state index is -0.336. The smallest absolute Gasteiger partial charge is 0.252 e. The Hall–Kier alpha value is -3.36. The number of hydrogen-bond donors (Lipinski definition) is 1. The molecule has 0 fully saturated rings. The van der Waals surface area contributed by atoms with Gasteiger partial charge in [0.25, 0.3) is 5.91 Å². The largest absolute Gasteiger partial charge is 0.496 e. The predicted octanol–water partition coefficient (Wildman–Crippen LogP) is 3.92. The van der Waals surface area contributed by atoms with Crippen molar-refractivity contribution >= 4 is 34.8 Å². The average molecular weight is 458 g/mol. The minimum absolute atomic E-state index is 0.203. The first-order valence-electron chi connectivity index (χ1n) is 9.28. The summed E-state index contributed by atoms with van der Waals surface area (Å²) in [5.74, 6) is 1.21. The third kappa shape index (κ3) is 4.55. The third-order valence-corrected chi connectivity index (χ3v) is 4.96. The Labute approximate surface area is 187 Å². The zero-order valence-electron chi connectivity index (χ0n) is 16.4. The Morgan fingerprint density at radius 3 is 2.77 bits per heavy atom. The van der Waals surface area contributed by atoms with Gasteiger partial charge in [-0.2, -0.15) is 4.52 Å².